The molecule has 0 unspecified atom stereocenters. The van der Waals surface area contributed by atoms with Crippen LogP contribution in [0, 0.1) is 55.4 Å². The van der Waals surface area contributed by atoms with E-state index in [-0.39, 0.29) is 12.1 Å². The third-order valence-electron chi connectivity index (χ3n) is 20.0. The van der Waals surface area contributed by atoms with E-state index in [0.717, 1.165) is 57.2 Å². The molecule has 0 saturated heterocycles. The van der Waals surface area contributed by atoms with E-state index in [9.17, 15) is 0 Å². The Balaban J connectivity index is 0.000000113. The highest BCUT2D eigenvalue weighted by molar-refractivity contribution is 6.98. The smallest absolute Gasteiger partial charge is 0.260 e. The third kappa shape index (κ3) is 14.7. The molecule has 0 radical (unpaired) electrons. The summed E-state index contributed by atoms with van der Waals surface area (Å²) in [6.07, 6.45) is 0. The average molecular weight is 1370 g/mol. The molecule has 0 bridgehead atoms. The Bertz CT molecular complexity index is 5630. The van der Waals surface area contributed by atoms with Gasteiger partial charge in [0.25, 0.3) is 6.71 Å². The van der Waals surface area contributed by atoms with Crippen molar-refractivity contribution >= 4 is 88.5 Å². The molecule has 0 N–H and O–H groups in total. The maximum atomic E-state index is 6.14. The quantitative estimate of drug-likeness (QED) is 0.165. The van der Waals surface area contributed by atoms with Gasteiger partial charge in [-0.3, -0.25) is 13.7 Å². The van der Waals surface area contributed by atoms with Crippen LogP contribution < -0.4 is 25.9 Å². The molecule has 2 aliphatic heterocycles. The molecule has 0 spiro atoms. The lowest BCUT2D eigenvalue weighted by molar-refractivity contribution is 0.464. The number of aryl methyl sites for hydroxylation is 8. The number of ether oxygens (including phenoxy) is 2. The summed E-state index contributed by atoms with van der Waals surface area (Å²) in [4.78, 5) is 9.92. The lowest BCUT2D eigenvalue weighted by Crippen LogP contribution is -2.57. The first-order valence-electron chi connectivity index (χ1n) is 36.6. The number of hydrogen-bond donors (Lipinski definition) is 0. The third-order valence-corrected chi connectivity index (χ3v) is 20.0. The lowest BCUT2D eigenvalue weighted by Gasteiger charge is -2.33. The second-order valence-electron chi connectivity index (χ2n) is 29.3. The van der Waals surface area contributed by atoms with Gasteiger partial charge in [0.1, 0.15) is 40.5 Å². The number of nitrogens with zero attached hydrogens (tertiary/aromatic N) is 5. The number of hydrogen-bond acceptors (Lipinski definition) is 4. The first kappa shape index (κ1) is 70.1. The molecule has 105 heavy (non-hydrogen) atoms. The zero-order valence-electron chi connectivity index (χ0n) is 62.6. The van der Waals surface area contributed by atoms with Gasteiger partial charge >= 0.3 is 0 Å². The summed E-state index contributed by atoms with van der Waals surface area (Å²) in [5.41, 5.74) is 23.9. The van der Waals surface area contributed by atoms with Crippen LogP contribution in [-0.2, 0) is 5.41 Å². The Morgan fingerprint density at radius 3 is 1.05 bits per heavy atom. The van der Waals surface area contributed by atoms with E-state index in [1.807, 2.05) is 37.3 Å². The Labute approximate surface area is 618 Å². The number of rotatable bonds is 4. The summed E-state index contributed by atoms with van der Waals surface area (Å²) in [6.45, 7) is 28.2. The van der Waals surface area contributed by atoms with E-state index >= 15 is 0 Å². The van der Waals surface area contributed by atoms with E-state index in [2.05, 4.69) is 375 Å². The molecular weight excluding hydrogens is 1280 g/mol. The van der Waals surface area contributed by atoms with Crippen LogP contribution in [0.15, 0.2) is 303 Å². The van der Waals surface area contributed by atoms with E-state index in [1.54, 1.807) is 0 Å². The molecule has 0 fully saturated rings. The van der Waals surface area contributed by atoms with Crippen molar-refractivity contribution in [3.8, 4) is 40.5 Å². The van der Waals surface area contributed by atoms with Crippen molar-refractivity contribution in [3.05, 3.63) is 359 Å². The predicted octanol–water partition coefficient (Wildman–Crippen LogP) is 23.8. The molecule has 19 rings (SSSR count). The molecule has 7 nitrogen and oxygen atoms in total. The largest absolute Gasteiger partial charge is 0.458 e. The summed E-state index contributed by atoms with van der Waals surface area (Å²) in [7, 11) is 0. The van der Waals surface area contributed by atoms with Crippen LogP contribution in [0.3, 0.4) is 0 Å². The van der Waals surface area contributed by atoms with Gasteiger partial charge in [0, 0.05) is 43.5 Å². The molecule has 7 heterocycles. The maximum absolute atomic E-state index is 6.14. The Kier molecular flexibility index (Phi) is 20.1. The first-order valence-corrected chi connectivity index (χ1v) is 36.6. The highest BCUT2D eigenvalue weighted by Crippen LogP contribution is 2.38. The molecule has 0 amide bonds. The molecule has 8 heteroatoms. The minimum atomic E-state index is 0.181. The lowest BCUT2D eigenvalue weighted by atomic mass is 9.35. The van der Waals surface area contributed by atoms with E-state index in [1.165, 1.54) is 121 Å². The molecule has 518 valence electrons. The Morgan fingerprint density at radius 2 is 0.667 bits per heavy atom. The summed E-state index contributed by atoms with van der Waals surface area (Å²) in [5, 5.41) is 7.52. The molecule has 5 aromatic heterocycles. The average Bonchev–Trinajstić information content (AvgIpc) is 1.58. The Morgan fingerprint density at radius 1 is 0.305 bits per heavy atom. The van der Waals surface area contributed by atoms with Gasteiger partial charge in [-0.15, -0.1) is 0 Å². The second-order valence-corrected chi connectivity index (χ2v) is 29.3. The highest BCUT2D eigenvalue weighted by atomic mass is 16.5. The number of pyridine rings is 2. The monoisotopic (exact) mass is 1370 g/mol. The highest BCUT2D eigenvalue weighted by Gasteiger charge is 2.40. The van der Waals surface area contributed by atoms with Gasteiger partial charge in [-0.2, -0.15) is 0 Å². The molecule has 0 atom stereocenters. The van der Waals surface area contributed by atoms with Crippen molar-refractivity contribution in [2.24, 2.45) is 0 Å². The molecule has 2 aliphatic rings. The fourth-order valence-electron chi connectivity index (χ4n) is 14.4. The van der Waals surface area contributed by atoms with Crippen molar-refractivity contribution in [2.45, 2.75) is 101 Å². The van der Waals surface area contributed by atoms with E-state index < -0.39 is 0 Å². The molecule has 0 saturated carbocycles. The van der Waals surface area contributed by atoms with E-state index in [0.29, 0.717) is 5.92 Å². The van der Waals surface area contributed by atoms with Gasteiger partial charge in [0.15, 0.2) is 0 Å². The molecule has 0 aliphatic carbocycles. The van der Waals surface area contributed by atoms with Crippen molar-refractivity contribution in [2.75, 3.05) is 0 Å². The number of para-hydroxylation sites is 8. The number of fused-ring (bicyclic) bond motifs is 13. The topological polar surface area (TPSA) is 59.0 Å². The molecule has 12 aromatic carbocycles. The number of benzene rings is 12. The number of aromatic nitrogens is 5. The van der Waals surface area contributed by atoms with Gasteiger partial charge in [-0.05, 0) is 196 Å². The summed E-state index contributed by atoms with van der Waals surface area (Å²) >= 11 is 0. The summed E-state index contributed by atoms with van der Waals surface area (Å²) in [6, 6.07) is 106. The van der Waals surface area contributed by atoms with Gasteiger partial charge in [0.2, 0.25) is 0 Å². The minimum Gasteiger partial charge on any atom is -0.458 e. The fraction of sp³-hybridized carbons (Fsp3) is 0.155. The van der Waals surface area contributed by atoms with Gasteiger partial charge in [-0.1, -0.05) is 270 Å². The Hall–Kier alpha value is -12.0. The van der Waals surface area contributed by atoms with Crippen LogP contribution >= 0.6 is 0 Å². The maximum Gasteiger partial charge on any atom is 0.260 e. The summed E-state index contributed by atoms with van der Waals surface area (Å²) < 4.78 is 19.1. The van der Waals surface area contributed by atoms with Crippen molar-refractivity contribution in [1.29, 1.82) is 0 Å². The first-order chi connectivity index (χ1) is 50.8. The zero-order valence-corrected chi connectivity index (χ0v) is 62.6. The van der Waals surface area contributed by atoms with E-state index in [4.69, 9.17) is 14.5 Å². The van der Waals surface area contributed by atoms with Crippen LogP contribution in [0.4, 0.5) is 0 Å². The summed E-state index contributed by atoms with van der Waals surface area (Å²) in [5.74, 6) is 7.19. The van der Waals surface area contributed by atoms with Crippen LogP contribution in [0.1, 0.15) is 96.3 Å². The molecule has 17 aromatic rings. The van der Waals surface area contributed by atoms with Gasteiger partial charge in [-0.25, -0.2) is 9.97 Å². The van der Waals surface area contributed by atoms with Gasteiger partial charge < -0.3 is 9.47 Å². The zero-order chi connectivity index (χ0) is 73.0. The SMILES string of the molecule is Cc1cc(-n2c3ccccc3c3ccccc32)nc(-n2c3ccccc3c3ccccc32)c1.Cc1cc2c3c(c1)Oc1ccccc1B3c1ccccc1O2.Cc1ccc(C(C)(C)C)cc1.Cc1ccc(C(C)C)cc1.Cc1ccc(C)c(C)c1.Cc1cccc(-n2c3ccccc3c3ccccc32)n1. The standard InChI is InChI=1S/C30H21N3.C19H13BO2.C18H14N2.C11H16.C10H14.C9H12/c1-20-18-29(32-25-14-6-2-10-21(25)22-11-3-7-15-26(22)32)31-30(19-20)33-27-16-8-4-12-23(27)24-13-5-9-17-28(24)33;1-12-10-17-19-18(11-12)22-16-9-5-3-7-14(16)20(19)13-6-2-4-8-15(13)21-17;1-13-7-6-12-18(19-13)20-16-10-4-2-8-14(16)15-9-3-5-11-17(15)20;1-9-5-7-10(8-6-9)11(2,3)4;1-8(2)10-6-4-9(3)5-7-10;1-7-4-5-8(2)9(3)6-7/h2-19H,1H3;2-11H,1H3;2-12H,1H3;5-8H,1-4H3;4-8H,1-3H3;4-6H,1-3H3. The normalized spacial score (nSPS) is 11.7. The van der Waals surface area contributed by atoms with Crippen molar-refractivity contribution < 1.29 is 9.47 Å². The predicted molar refractivity (Wildman–Crippen MR) is 446 cm³/mol. The van der Waals surface area contributed by atoms with Crippen LogP contribution in [0.25, 0.3) is 82.9 Å². The van der Waals surface area contributed by atoms with Crippen molar-refractivity contribution in [3.63, 3.8) is 0 Å². The van der Waals surface area contributed by atoms with Crippen LogP contribution in [0.5, 0.6) is 23.0 Å². The minimum absolute atomic E-state index is 0.181. The van der Waals surface area contributed by atoms with Crippen molar-refractivity contribution in [1.82, 2.24) is 23.7 Å². The van der Waals surface area contributed by atoms with Crippen LogP contribution in [-0.4, -0.2) is 30.4 Å². The van der Waals surface area contributed by atoms with Crippen LogP contribution in [0.2, 0.25) is 0 Å². The van der Waals surface area contributed by atoms with Gasteiger partial charge in [0.05, 0.1) is 33.1 Å². The molecular formula is C97H90BN5O2. The fourth-order valence-corrected chi connectivity index (χ4v) is 14.4. The second kappa shape index (κ2) is 30.1.